The van der Waals surface area contributed by atoms with Crippen molar-refractivity contribution in [3.63, 3.8) is 0 Å². The topological polar surface area (TPSA) is 55.8 Å². The smallest absolute Gasteiger partial charge is 0.293 e. The van der Waals surface area contributed by atoms with Gasteiger partial charge < -0.3 is 9.47 Å². The molecule has 1 aliphatic heterocycles. The minimum atomic E-state index is -0.302. The summed E-state index contributed by atoms with van der Waals surface area (Å²) in [5.41, 5.74) is 0.857. The molecule has 0 atom stereocenters. The normalized spacial score (nSPS) is 15.6. The van der Waals surface area contributed by atoms with Crippen LogP contribution in [0.2, 0.25) is 0 Å². The lowest BCUT2D eigenvalue weighted by molar-refractivity contribution is -0.123. The van der Waals surface area contributed by atoms with E-state index in [-0.39, 0.29) is 24.3 Å². The molecule has 3 rings (SSSR count). The van der Waals surface area contributed by atoms with Crippen LogP contribution in [0.1, 0.15) is 5.56 Å². The Bertz CT molecular complexity index is 868. The van der Waals surface area contributed by atoms with Crippen LogP contribution in [0.5, 0.6) is 11.5 Å². The van der Waals surface area contributed by atoms with Crippen LogP contribution >= 0.6 is 27.7 Å². The molecule has 0 aromatic heterocycles. The van der Waals surface area contributed by atoms with Gasteiger partial charge in [-0.3, -0.25) is 14.5 Å². The van der Waals surface area contributed by atoms with Crippen LogP contribution in [0, 0.1) is 0 Å². The minimum Gasteiger partial charge on any atom is -0.493 e. The summed E-state index contributed by atoms with van der Waals surface area (Å²) >= 11 is 4.33. The first-order valence-electron chi connectivity index (χ1n) is 7.85. The van der Waals surface area contributed by atoms with Gasteiger partial charge in [0.05, 0.1) is 18.6 Å². The Morgan fingerprint density at radius 2 is 1.88 bits per heavy atom. The third-order valence-electron chi connectivity index (χ3n) is 3.66. The van der Waals surface area contributed by atoms with Gasteiger partial charge in [-0.05, 0) is 47.7 Å². The standard InChI is InChI=1S/C19H16BrNO4S/c1-24-15-7-2-3-8-16(15)25-10-9-21-18(22)17(26-19(21)23)12-13-5-4-6-14(20)11-13/h2-8,11-12H,9-10H2,1H3/b17-12-. The number of carbonyl (C=O) groups excluding carboxylic acids is 2. The maximum Gasteiger partial charge on any atom is 0.293 e. The summed E-state index contributed by atoms with van der Waals surface area (Å²) in [5.74, 6) is 0.881. The summed E-state index contributed by atoms with van der Waals surface area (Å²) in [6.45, 7) is 0.376. The second kappa shape index (κ2) is 8.42. The number of ether oxygens (including phenoxy) is 2. The maximum absolute atomic E-state index is 12.5. The SMILES string of the molecule is COc1ccccc1OCCN1C(=O)S/C(=C\c2cccc(Br)c2)C1=O. The van der Waals surface area contributed by atoms with E-state index in [2.05, 4.69) is 15.9 Å². The molecule has 0 spiro atoms. The molecular formula is C19H16BrNO4S. The lowest BCUT2D eigenvalue weighted by Gasteiger charge is -2.14. The van der Waals surface area contributed by atoms with Gasteiger partial charge in [-0.2, -0.15) is 0 Å². The van der Waals surface area contributed by atoms with Crippen molar-refractivity contribution in [2.45, 2.75) is 0 Å². The highest BCUT2D eigenvalue weighted by Gasteiger charge is 2.34. The quantitative estimate of drug-likeness (QED) is 0.624. The van der Waals surface area contributed by atoms with Gasteiger partial charge in [0.25, 0.3) is 11.1 Å². The molecule has 5 nitrogen and oxygen atoms in total. The van der Waals surface area contributed by atoms with Gasteiger partial charge in [0.2, 0.25) is 0 Å². The van der Waals surface area contributed by atoms with Gasteiger partial charge in [-0.25, -0.2) is 0 Å². The van der Waals surface area contributed by atoms with Crippen molar-refractivity contribution in [1.82, 2.24) is 4.90 Å². The van der Waals surface area contributed by atoms with Crippen molar-refractivity contribution in [3.05, 3.63) is 63.5 Å². The van der Waals surface area contributed by atoms with Gasteiger partial charge in [0.1, 0.15) is 6.61 Å². The fourth-order valence-electron chi connectivity index (χ4n) is 2.43. The average molecular weight is 434 g/mol. The van der Waals surface area contributed by atoms with Crippen molar-refractivity contribution in [2.24, 2.45) is 0 Å². The highest BCUT2D eigenvalue weighted by atomic mass is 79.9. The van der Waals surface area contributed by atoms with E-state index in [1.54, 1.807) is 25.3 Å². The Labute approximate surface area is 164 Å². The molecule has 0 radical (unpaired) electrons. The molecule has 2 aromatic carbocycles. The van der Waals surface area contributed by atoms with Gasteiger partial charge in [-0.15, -0.1) is 0 Å². The van der Waals surface area contributed by atoms with Crippen LogP contribution in [0.15, 0.2) is 57.9 Å². The van der Waals surface area contributed by atoms with Crippen LogP contribution in [-0.2, 0) is 4.79 Å². The van der Waals surface area contributed by atoms with E-state index in [9.17, 15) is 9.59 Å². The van der Waals surface area contributed by atoms with Crippen molar-refractivity contribution >= 4 is 44.9 Å². The van der Waals surface area contributed by atoms with Gasteiger partial charge in [-0.1, -0.05) is 40.2 Å². The number of hydrogen-bond donors (Lipinski definition) is 0. The van der Waals surface area contributed by atoms with Crippen LogP contribution in [0.4, 0.5) is 4.79 Å². The Kier molecular flexibility index (Phi) is 6.00. The Morgan fingerprint density at radius 1 is 1.12 bits per heavy atom. The summed E-state index contributed by atoms with van der Waals surface area (Å²) in [6.07, 6.45) is 1.72. The molecule has 134 valence electrons. The number of nitrogens with zero attached hydrogens (tertiary/aromatic N) is 1. The second-order valence-corrected chi connectivity index (χ2v) is 7.30. The number of thioether (sulfide) groups is 1. The number of amides is 2. The molecule has 1 saturated heterocycles. The van der Waals surface area contributed by atoms with Gasteiger partial charge in [0.15, 0.2) is 11.5 Å². The van der Waals surface area contributed by atoms with Crippen molar-refractivity contribution in [3.8, 4) is 11.5 Å². The zero-order valence-corrected chi connectivity index (χ0v) is 16.4. The number of methoxy groups -OCH3 is 1. The van der Waals surface area contributed by atoms with Gasteiger partial charge >= 0.3 is 0 Å². The second-order valence-electron chi connectivity index (χ2n) is 5.39. The first kappa shape index (κ1) is 18.5. The van der Waals surface area contributed by atoms with Crippen molar-refractivity contribution in [1.29, 1.82) is 0 Å². The number of rotatable bonds is 6. The van der Waals surface area contributed by atoms with Crippen LogP contribution in [0.25, 0.3) is 6.08 Å². The molecular weight excluding hydrogens is 418 g/mol. The summed E-state index contributed by atoms with van der Waals surface area (Å²) in [7, 11) is 1.56. The monoisotopic (exact) mass is 433 g/mol. The molecule has 0 saturated carbocycles. The van der Waals surface area contributed by atoms with Gasteiger partial charge in [0, 0.05) is 4.47 Å². The largest absolute Gasteiger partial charge is 0.493 e. The van der Waals surface area contributed by atoms with E-state index >= 15 is 0 Å². The van der Waals surface area contributed by atoms with E-state index < -0.39 is 0 Å². The van der Waals surface area contributed by atoms with E-state index in [4.69, 9.17) is 9.47 Å². The van der Waals surface area contributed by atoms with E-state index in [0.717, 1.165) is 21.8 Å². The molecule has 2 amide bonds. The van der Waals surface area contributed by atoms with Crippen LogP contribution < -0.4 is 9.47 Å². The lowest BCUT2D eigenvalue weighted by Crippen LogP contribution is -2.32. The van der Waals surface area contributed by atoms with E-state index in [1.807, 2.05) is 36.4 Å². The molecule has 0 bridgehead atoms. The number of benzene rings is 2. The van der Waals surface area contributed by atoms with Crippen molar-refractivity contribution < 1.29 is 19.1 Å². The highest BCUT2D eigenvalue weighted by molar-refractivity contribution is 9.10. The summed E-state index contributed by atoms with van der Waals surface area (Å²) in [4.78, 5) is 26.3. The number of carbonyl (C=O) groups is 2. The number of imide groups is 1. The molecule has 7 heteroatoms. The summed E-state index contributed by atoms with van der Waals surface area (Å²) in [6, 6.07) is 14.8. The number of hydrogen-bond acceptors (Lipinski definition) is 5. The molecule has 0 N–H and O–H groups in total. The van der Waals surface area contributed by atoms with Crippen molar-refractivity contribution in [2.75, 3.05) is 20.3 Å². The number of halogens is 1. The zero-order valence-electron chi connectivity index (χ0n) is 14.0. The molecule has 1 heterocycles. The molecule has 0 aliphatic carbocycles. The van der Waals surface area contributed by atoms with Crippen LogP contribution in [-0.4, -0.2) is 36.3 Å². The first-order chi connectivity index (χ1) is 12.6. The third kappa shape index (κ3) is 4.28. The predicted octanol–water partition coefficient (Wildman–Crippen LogP) is 4.57. The van der Waals surface area contributed by atoms with Crippen LogP contribution in [0.3, 0.4) is 0 Å². The Morgan fingerprint density at radius 3 is 2.62 bits per heavy atom. The molecule has 2 aromatic rings. The highest BCUT2D eigenvalue weighted by Crippen LogP contribution is 2.32. The minimum absolute atomic E-state index is 0.179. The Hall–Kier alpha value is -2.25. The fourth-order valence-corrected chi connectivity index (χ4v) is 3.71. The molecule has 1 fully saturated rings. The predicted molar refractivity (Wildman–Crippen MR) is 105 cm³/mol. The average Bonchev–Trinajstić information content (AvgIpc) is 2.89. The first-order valence-corrected chi connectivity index (χ1v) is 9.46. The molecule has 1 aliphatic rings. The van der Waals surface area contributed by atoms with E-state index in [0.29, 0.717) is 16.4 Å². The Balaban J connectivity index is 1.64. The van der Waals surface area contributed by atoms with E-state index in [1.165, 1.54) is 4.90 Å². The zero-order chi connectivity index (χ0) is 18.5. The fraction of sp³-hybridized carbons (Fsp3) is 0.158. The maximum atomic E-state index is 12.5. The summed E-state index contributed by atoms with van der Waals surface area (Å²) in [5, 5.41) is -0.292. The lowest BCUT2D eigenvalue weighted by atomic mass is 10.2. The number of para-hydroxylation sites is 2. The molecule has 26 heavy (non-hydrogen) atoms. The molecule has 0 unspecified atom stereocenters. The third-order valence-corrected chi connectivity index (χ3v) is 5.06. The summed E-state index contributed by atoms with van der Waals surface area (Å²) < 4.78 is 11.8.